The number of thiazole rings is 1. The number of carbonyl (C=O) groups is 1. The van der Waals surface area contributed by atoms with E-state index in [4.69, 9.17) is 14.2 Å². The summed E-state index contributed by atoms with van der Waals surface area (Å²) in [5.74, 6) is 0.371. The summed E-state index contributed by atoms with van der Waals surface area (Å²) < 4.78 is 48.2. The number of aromatic nitrogens is 1. The Morgan fingerprint density at radius 2 is 1.85 bits per heavy atom. The molecule has 1 aromatic heterocycles. The first-order valence-electron chi connectivity index (χ1n) is 16.7. The average Bonchev–Trinajstić information content (AvgIpc) is 3.70. The Hall–Kier alpha value is -2.81. The molecule has 13 heteroatoms. The Labute approximate surface area is 280 Å². The zero-order valence-corrected chi connectivity index (χ0v) is 28.4. The molecule has 2 aromatic carbocycles. The quantitative estimate of drug-likeness (QED) is 0.236. The summed E-state index contributed by atoms with van der Waals surface area (Å²) in [6, 6.07) is 14.2. The SMILES string of the molecule is CC(C)CN(C[C@@H](O)[C@H](Cc1ccccc1)NC(=O)OC1C2CCC3C(OC2)OCC31)S(=O)(=O)c1ccc2nc(NC3CC3)sc2c1. The molecule has 3 aliphatic heterocycles. The van der Waals surface area contributed by atoms with E-state index < -0.39 is 28.3 Å². The number of fused-ring (bicyclic) bond motifs is 3. The van der Waals surface area contributed by atoms with Crippen molar-refractivity contribution in [3.8, 4) is 0 Å². The van der Waals surface area contributed by atoms with E-state index >= 15 is 0 Å². The number of rotatable bonds is 13. The molecule has 254 valence electrons. The molecule has 5 aliphatic rings. The van der Waals surface area contributed by atoms with Crippen molar-refractivity contribution in [1.82, 2.24) is 14.6 Å². The molecule has 7 atom stereocenters. The second kappa shape index (κ2) is 13.6. The first-order chi connectivity index (χ1) is 22.6. The topological polar surface area (TPSA) is 139 Å². The highest BCUT2D eigenvalue weighted by Crippen LogP contribution is 2.46. The van der Waals surface area contributed by atoms with Gasteiger partial charge in [0.2, 0.25) is 10.0 Å². The molecule has 3 aromatic rings. The van der Waals surface area contributed by atoms with E-state index in [0.29, 0.717) is 25.7 Å². The Morgan fingerprint density at radius 3 is 2.62 bits per heavy atom. The lowest BCUT2D eigenvalue weighted by Gasteiger charge is -2.36. The fourth-order valence-corrected chi connectivity index (χ4v) is 9.87. The highest BCUT2D eigenvalue weighted by atomic mass is 32.2. The van der Waals surface area contributed by atoms with E-state index in [1.54, 1.807) is 18.2 Å². The summed E-state index contributed by atoms with van der Waals surface area (Å²) in [5.41, 5.74) is 1.64. The monoisotopic (exact) mass is 684 g/mol. The van der Waals surface area contributed by atoms with Crippen molar-refractivity contribution in [2.75, 3.05) is 31.6 Å². The van der Waals surface area contributed by atoms with Crippen LogP contribution in [0.4, 0.5) is 9.93 Å². The molecule has 5 fully saturated rings. The van der Waals surface area contributed by atoms with Gasteiger partial charge in [-0.3, -0.25) is 0 Å². The van der Waals surface area contributed by atoms with Gasteiger partial charge in [0.25, 0.3) is 0 Å². The number of nitrogens with zero attached hydrogens (tertiary/aromatic N) is 2. The Balaban J connectivity index is 1.09. The summed E-state index contributed by atoms with van der Waals surface area (Å²) in [6.07, 6.45) is 2.01. The summed E-state index contributed by atoms with van der Waals surface area (Å²) >= 11 is 1.44. The van der Waals surface area contributed by atoms with E-state index in [-0.39, 0.29) is 54.1 Å². The van der Waals surface area contributed by atoms with Crippen LogP contribution in [0.2, 0.25) is 0 Å². The molecule has 2 aliphatic carbocycles. The number of carbonyl (C=O) groups excluding carboxylic acids is 1. The molecule has 47 heavy (non-hydrogen) atoms. The number of sulfonamides is 1. The number of benzene rings is 2. The summed E-state index contributed by atoms with van der Waals surface area (Å²) in [5, 5.41) is 18.8. The summed E-state index contributed by atoms with van der Waals surface area (Å²) in [7, 11) is -4.00. The van der Waals surface area contributed by atoms with Gasteiger partial charge in [-0.25, -0.2) is 18.2 Å². The van der Waals surface area contributed by atoms with Gasteiger partial charge in [0.15, 0.2) is 11.4 Å². The van der Waals surface area contributed by atoms with Crippen LogP contribution in [0, 0.1) is 23.7 Å². The van der Waals surface area contributed by atoms with Gasteiger partial charge in [0, 0.05) is 36.9 Å². The van der Waals surface area contributed by atoms with E-state index in [1.165, 1.54) is 15.6 Å². The van der Waals surface area contributed by atoms with E-state index in [2.05, 4.69) is 15.6 Å². The predicted molar refractivity (Wildman–Crippen MR) is 179 cm³/mol. The minimum absolute atomic E-state index is 0.00529. The zero-order chi connectivity index (χ0) is 32.7. The second-order valence-corrected chi connectivity index (χ2v) is 16.8. The Kier molecular flexibility index (Phi) is 9.47. The third kappa shape index (κ3) is 7.30. The number of hydrogen-bond acceptors (Lipinski definition) is 10. The van der Waals surface area contributed by atoms with Crippen molar-refractivity contribution >= 4 is 42.8 Å². The maximum Gasteiger partial charge on any atom is 0.407 e. The van der Waals surface area contributed by atoms with E-state index in [0.717, 1.165) is 46.6 Å². The Morgan fingerprint density at radius 1 is 1.06 bits per heavy atom. The van der Waals surface area contributed by atoms with Gasteiger partial charge in [-0.05, 0) is 61.8 Å². The molecule has 11 nitrogen and oxygen atoms in total. The maximum absolute atomic E-state index is 14.1. The average molecular weight is 685 g/mol. The molecule has 3 saturated heterocycles. The number of alkyl carbamates (subject to hydrolysis) is 1. The molecular formula is C34H44N4O7S2. The number of hydrogen-bond donors (Lipinski definition) is 3. The first-order valence-corrected chi connectivity index (χ1v) is 19.0. The van der Waals surface area contributed by atoms with Crippen LogP contribution in [-0.4, -0.2) is 85.8 Å². The van der Waals surface area contributed by atoms with Gasteiger partial charge < -0.3 is 30.0 Å². The van der Waals surface area contributed by atoms with Crippen molar-refractivity contribution in [1.29, 1.82) is 0 Å². The molecule has 4 bridgehead atoms. The van der Waals surface area contributed by atoms with Crippen LogP contribution >= 0.6 is 11.3 Å². The van der Waals surface area contributed by atoms with Gasteiger partial charge in [0.1, 0.15) is 6.10 Å². The van der Waals surface area contributed by atoms with Crippen molar-refractivity contribution < 1.29 is 32.5 Å². The van der Waals surface area contributed by atoms with E-state index in [9.17, 15) is 18.3 Å². The molecule has 4 heterocycles. The predicted octanol–water partition coefficient (Wildman–Crippen LogP) is 4.61. The number of anilines is 1. The third-order valence-electron chi connectivity index (χ3n) is 9.76. The molecule has 2 saturated carbocycles. The molecule has 8 rings (SSSR count). The number of nitrogens with one attached hydrogen (secondary N) is 2. The van der Waals surface area contributed by atoms with E-state index in [1.807, 2.05) is 44.2 Å². The highest BCUT2D eigenvalue weighted by molar-refractivity contribution is 7.89. The van der Waals surface area contributed by atoms with Crippen molar-refractivity contribution in [2.45, 2.75) is 81.4 Å². The number of amides is 1. The normalized spacial score (nSPS) is 26.8. The third-order valence-corrected chi connectivity index (χ3v) is 12.5. The lowest BCUT2D eigenvalue weighted by atomic mass is 9.74. The van der Waals surface area contributed by atoms with Crippen LogP contribution in [-0.2, 0) is 30.7 Å². The maximum atomic E-state index is 14.1. The standard InChI is InChI=1S/C34H44N4O7S2/c1-20(2)16-38(47(41,42)24-11-13-27-30(15-24)46-33(36-27)35-23-9-10-23)17-29(39)28(14-21-6-4-3-5-7-21)37-34(40)45-31-22-8-12-25-26(31)19-44-32(25)43-18-22/h3-7,11,13,15,20,22-23,25-26,28-29,31-32,39H,8-10,12,14,16-19H2,1-2H3,(H,35,36)(H,37,40)/t22?,25?,26?,28-,29+,31?,32?/m0/s1. The number of aliphatic hydroxyl groups excluding tert-OH is 1. The molecule has 0 radical (unpaired) electrons. The van der Waals surface area contributed by atoms with Gasteiger partial charge in [-0.15, -0.1) is 0 Å². The zero-order valence-electron chi connectivity index (χ0n) is 26.8. The number of aliphatic hydroxyl groups is 1. The largest absolute Gasteiger partial charge is 0.445 e. The second-order valence-electron chi connectivity index (χ2n) is 13.9. The van der Waals surface area contributed by atoms with Crippen LogP contribution in [0.1, 0.15) is 45.1 Å². The van der Waals surface area contributed by atoms with Crippen LogP contribution in [0.15, 0.2) is 53.4 Å². The summed E-state index contributed by atoms with van der Waals surface area (Å²) in [4.78, 5) is 18.3. The molecular weight excluding hydrogens is 641 g/mol. The fraction of sp³-hybridized carbons (Fsp3) is 0.588. The van der Waals surface area contributed by atoms with Crippen molar-refractivity contribution in [3.63, 3.8) is 0 Å². The molecule has 3 N–H and O–H groups in total. The minimum Gasteiger partial charge on any atom is -0.445 e. The minimum atomic E-state index is -4.00. The molecule has 0 spiro atoms. The van der Waals surface area contributed by atoms with Crippen LogP contribution in [0.25, 0.3) is 10.2 Å². The van der Waals surface area contributed by atoms with Gasteiger partial charge in [-0.2, -0.15) is 4.31 Å². The lowest BCUT2D eigenvalue weighted by molar-refractivity contribution is -0.135. The number of ether oxygens (including phenoxy) is 3. The lowest BCUT2D eigenvalue weighted by Crippen LogP contribution is -2.52. The highest BCUT2D eigenvalue weighted by Gasteiger charge is 2.52. The smallest absolute Gasteiger partial charge is 0.407 e. The van der Waals surface area contributed by atoms with Crippen LogP contribution in [0.3, 0.4) is 0 Å². The van der Waals surface area contributed by atoms with Crippen molar-refractivity contribution in [2.24, 2.45) is 23.7 Å². The first kappa shape index (κ1) is 32.7. The Bertz CT molecular complexity index is 1670. The molecule has 5 unspecified atom stereocenters. The van der Waals surface area contributed by atoms with Gasteiger partial charge >= 0.3 is 6.09 Å². The molecule has 1 amide bonds. The van der Waals surface area contributed by atoms with Gasteiger partial charge in [0.05, 0.1) is 40.5 Å². The summed E-state index contributed by atoms with van der Waals surface area (Å²) in [6.45, 7) is 4.86. The fourth-order valence-electron chi connectivity index (χ4n) is 7.17. The van der Waals surface area contributed by atoms with Crippen molar-refractivity contribution in [3.05, 3.63) is 54.1 Å². The van der Waals surface area contributed by atoms with Gasteiger partial charge in [-0.1, -0.05) is 55.5 Å². The van der Waals surface area contributed by atoms with Crippen LogP contribution in [0.5, 0.6) is 0 Å². The van der Waals surface area contributed by atoms with Crippen LogP contribution < -0.4 is 10.6 Å².